The molecule has 0 heterocycles. The number of nitrogens with one attached hydrogen (secondary N) is 1. The van der Waals surface area contributed by atoms with Crippen molar-refractivity contribution in [1.82, 2.24) is 0 Å². The third-order valence-corrected chi connectivity index (χ3v) is 3.15. The normalized spacial score (nSPS) is 10.5. The van der Waals surface area contributed by atoms with Crippen LogP contribution in [0.1, 0.15) is 22.8 Å². The maximum Gasteiger partial charge on any atom is 0.265 e. The van der Waals surface area contributed by atoms with Crippen LogP contribution in [0.4, 0.5) is 5.69 Å². The molecule has 2 aromatic carbocycles. The summed E-state index contributed by atoms with van der Waals surface area (Å²) < 4.78 is 0. The lowest BCUT2D eigenvalue weighted by molar-refractivity contribution is -0.120. The average molecular weight is 331 g/mol. The fourth-order valence-electron chi connectivity index (χ4n) is 1.76. The van der Waals surface area contributed by atoms with E-state index in [-0.39, 0.29) is 18.3 Å². The Bertz CT molecular complexity index is 727. The first-order valence-electron chi connectivity index (χ1n) is 6.86. The summed E-state index contributed by atoms with van der Waals surface area (Å²) in [7, 11) is 0. The molecule has 0 aliphatic rings. The lowest BCUT2D eigenvalue weighted by Crippen LogP contribution is -2.17. The van der Waals surface area contributed by atoms with E-state index in [1.54, 1.807) is 48.5 Å². The van der Waals surface area contributed by atoms with Gasteiger partial charge in [0, 0.05) is 16.3 Å². The number of anilines is 1. The Balaban J connectivity index is 1.82. The number of carbonyl (C=O) groups is 2. The van der Waals surface area contributed by atoms with E-state index in [1.165, 1.54) is 13.1 Å². The van der Waals surface area contributed by atoms with Crippen molar-refractivity contribution in [3.63, 3.8) is 0 Å². The van der Waals surface area contributed by atoms with Crippen LogP contribution in [0.15, 0.2) is 53.7 Å². The summed E-state index contributed by atoms with van der Waals surface area (Å²) in [5.41, 5.74) is 1.88. The standard InChI is InChI=1S/C17H15ClN2O3/c1-12(21)14-3-2-4-16(9-14)20-17(22)11-23-19-10-13-5-7-15(18)8-6-13/h2-10H,11H2,1H3,(H,20,22)/b19-10+. The smallest absolute Gasteiger partial charge is 0.265 e. The van der Waals surface area contributed by atoms with Gasteiger partial charge in [-0.3, -0.25) is 9.59 Å². The molecule has 0 bridgehead atoms. The molecule has 0 radical (unpaired) electrons. The molecule has 0 unspecified atom stereocenters. The van der Waals surface area contributed by atoms with E-state index in [2.05, 4.69) is 10.5 Å². The first-order valence-corrected chi connectivity index (χ1v) is 7.24. The number of amides is 1. The van der Waals surface area contributed by atoms with Crippen molar-refractivity contribution in [3.8, 4) is 0 Å². The molecule has 5 nitrogen and oxygen atoms in total. The SMILES string of the molecule is CC(=O)c1cccc(NC(=O)CO/N=C/c2ccc(Cl)cc2)c1. The number of nitrogens with zero attached hydrogens (tertiary/aromatic N) is 1. The number of benzene rings is 2. The van der Waals surface area contributed by atoms with Crippen molar-refractivity contribution in [1.29, 1.82) is 0 Å². The van der Waals surface area contributed by atoms with Crippen LogP contribution in [0.3, 0.4) is 0 Å². The van der Waals surface area contributed by atoms with Crippen molar-refractivity contribution in [2.45, 2.75) is 6.92 Å². The van der Waals surface area contributed by atoms with Gasteiger partial charge in [-0.05, 0) is 36.8 Å². The monoisotopic (exact) mass is 330 g/mol. The predicted molar refractivity (Wildman–Crippen MR) is 90.1 cm³/mol. The molecule has 0 aromatic heterocycles. The molecular weight excluding hydrogens is 316 g/mol. The Morgan fingerprint density at radius 1 is 1.22 bits per heavy atom. The number of ketones is 1. The maximum atomic E-state index is 11.7. The van der Waals surface area contributed by atoms with E-state index in [0.29, 0.717) is 16.3 Å². The lowest BCUT2D eigenvalue weighted by atomic mass is 10.1. The summed E-state index contributed by atoms with van der Waals surface area (Å²) in [6.45, 7) is 1.24. The molecule has 2 aromatic rings. The highest BCUT2D eigenvalue weighted by molar-refractivity contribution is 6.30. The van der Waals surface area contributed by atoms with E-state index in [0.717, 1.165) is 5.56 Å². The summed E-state index contributed by atoms with van der Waals surface area (Å²) in [4.78, 5) is 28.0. The van der Waals surface area contributed by atoms with Crippen LogP contribution in [0.25, 0.3) is 0 Å². The van der Waals surface area contributed by atoms with E-state index in [4.69, 9.17) is 16.4 Å². The Labute approximate surface area is 138 Å². The summed E-state index contributed by atoms with van der Waals surface area (Å²) in [6, 6.07) is 13.7. The van der Waals surface area contributed by atoms with Crippen molar-refractivity contribution in [2.75, 3.05) is 11.9 Å². The van der Waals surface area contributed by atoms with Gasteiger partial charge in [0.15, 0.2) is 12.4 Å². The van der Waals surface area contributed by atoms with Gasteiger partial charge >= 0.3 is 0 Å². The van der Waals surface area contributed by atoms with Gasteiger partial charge in [0.25, 0.3) is 5.91 Å². The second-order valence-electron chi connectivity index (χ2n) is 4.74. The largest absolute Gasteiger partial charge is 0.386 e. The predicted octanol–water partition coefficient (Wildman–Crippen LogP) is 3.53. The van der Waals surface area contributed by atoms with Gasteiger partial charge in [0.05, 0.1) is 6.21 Å². The zero-order valence-corrected chi connectivity index (χ0v) is 13.2. The third-order valence-electron chi connectivity index (χ3n) is 2.89. The zero-order valence-electron chi connectivity index (χ0n) is 12.5. The molecule has 0 spiro atoms. The Kier molecular flexibility index (Phi) is 5.88. The molecule has 0 fully saturated rings. The van der Waals surface area contributed by atoms with Gasteiger partial charge in [0.2, 0.25) is 0 Å². The van der Waals surface area contributed by atoms with Gasteiger partial charge in [-0.1, -0.05) is 41.0 Å². The third kappa shape index (κ3) is 5.56. The molecule has 0 aliphatic heterocycles. The highest BCUT2D eigenvalue weighted by Gasteiger charge is 2.05. The summed E-state index contributed by atoms with van der Waals surface area (Å²) in [5.74, 6) is -0.427. The number of halogens is 1. The van der Waals surface area contributed by atoms with Crippen molar-refractivity contribution < 1.29 is 14.4 Å². The van der Waals surface area contributed by atoms with E-state index in [1.807, 2.05) is 0 Å². The minimum Gasteiger partial charge on any atom is -0.386 e. The summed E-state index contributed by atoms with van der Waals surface area (Å²) >= 11 is 5.77. The molecule has 1 N–H and O–H groups in total. The fourth-order valence-corrected chi connectivity index (χ4v) is 1.88. The van der Waals surface area contributed by atoms with Crippen LogP contribution in [0.2, 0.25) is 5.02 Å². The molecule has 23 heavy (non-hydrogen) atoms. The number of oxime groups is 1. The number of carbonyl (C=O) groups excluding carboxylic acids is 2. The Hall–Kier alpha value is -2.66. The molecule has 6 heteroatoms. The molecule has 0 saturated heterocycles. The maximum absolute atomic E-state index is 11.7. The lowest BCUT2D eigenvalue weighted by Gasteiger charge is -2.05. The molecule has 2 rings (SSSR count). The molecule has 118 valence electrons. The second kappa shape index (κ2) is 8.10. The van der Waals surface area contributed by atoms with Crippen LogP contribution in [-0.2, 0) is 9.63 Å². The topological polar surface area (TPSA) is 67.8 Å². The van der Waals surface area contributed by atoms with Crippen molar-refractivity contribution >= 4 is 35.2 Å². The van der Waals surface area contributed by atoms with Gasteiger partial charge in [-0.15, -0.1) is 0 Å². The van der Waals surface area contributed by atoms with Crippen molar-refractivity contribution in [3.05, 3.63) is 64.7 Å². The molecule has 0 atom stereocenters. The van der Waals surface area contributed by atoms with Gasteiger partial charge in [0.1, 0.15) is 0 Å². The first-order chi connectivity index (χ1) is 11.0. The van der Waals surface area contributed by atoms with Crippen LogP contribution >= 0.6 is 11.6 Å². The number of Topliss-reactive ketones (excluding diaryl/α,β-unsaturated/α-hetero) is 1. The zero-order chi connectivity index (χ0) is 16.7. The quantitative estimate of drug-likeness (QED) is 0.500. The molecular formula is C17H15ClN2O3. The fraction of sp³-hybridized carbons (Fsp3) is 0.118. The van der Waals surface area contributed by atoms with Crippen LogP contribution in [-0.4, -0.2) is 24.5 Å². The number of rotatable bonds is 6. The molecule has 0 saturated carbocycles. The minimum absolute atomic E-state index is 0.0649. The van der Waals surface area contributed by atoms with Gasteiger partial charge in [-0.25, -0.2) is 0 Å². The van der Waals surface area contributed by atoms with Crippen LogP contribution in [0.5, 0.6) is 0 Å². The minimum atomic E-state index is -0.362. The Morgan fingerprint density at radius 2 is 1.96 bits per heavy atom. The molecule has 0 aliphatic carbocycles. The number of hydrogen-bond donors (Lipinski definition) is 1. The first kappa shape index (κ1) is 16.7. The highest BCUT2D eigenvalue weighted by Crippen LogP contribution is 2.11. The van der Waals surface area contributed by atoms with E-state index in [9.17, 15) is 9.59 Å². The van der Waals surface area contributed by atoms with Crippen LogP contribution in [0, 0.1) is 0 Å². The second-order valence-corrected chi connectivity index (χ2v) is 5.18. The molecule has 1 amide bonds. The van der Waals surface area contributed by atoms with Crippen molar-refractivity contribution in [2.24, 2.45) is 5.16 Å². The van der Waals surface area contributed by atoms with Gasteiger partial charge < -0.3 is 10.2 Å². The summed E-state index contributed by atoms with van der Waals surface area (Å²) in [6.07, 6.45) is 1.49. The van der Waals surface area contributed by atoms with E-state index >= 15 is 0 Å². The Morgan fingerprint density at radius 3 is 2.65 bits per heavy atom. The van der Waals surface area contributed by atoms with Gasteiger partial charge in [-0.2, -0.15) is 0 Å². The average Bonchev–Trinajstić information content (AvgIpc) is 2.53. The number of hydrogen-bond acceptors (Lipinski definition) is 4. The summed E-state index contributed by atoms with van der Waals surface area (Å²) in [5, 5.41) is 6.99. The van der Waals surface area contributed by atoms with Crippen LogP contribution < -0.4 is 5.32 Å². The van der Waals surface area contributed by atoms with E-state index < -0.39 is 0 Å². The highest BCUT2D eigenvalue weighted by atomic mass is 35.5.